The Hall–Kier alpha value is -4.05. The van der Waals surface area contributed by atoms with Gasteiger partial charge in [-0.1, -0.05) is 31.3 Å². The summed E-state index contributed by atoms with van der Waals surface area (Å²) in [5, 5.41) is 11.9. The summed E-state index contributed by atoms with van der Waals surface area (Å²) < 4.78 is 127. The van der Waals surface area contributed by atoms with E-state index >= 15 is 0 Å². The van der Waals surface area contributed by atoms with Gasteiger partial charge < -0.3 is 14.5 Å². The molecule has 5 rings (SSSR count). The molecule has 256 valence electrons. The minimum atomic E-state index is -5.11. The van der Waals surface area contributed by atoms with Gasteiger partial charge in [-0.15, -0.1) is 18.3 Å². The zero-order chi connectivity index (χ0) is 34.3. The molecule has 0 bridgehead atoms. The van der Waals surface area contributed by atoms with Crippen LogP contribution in [0.2, 0.25) is 0 Å². The third kappa shape index (κ3) is 7.75. The molecule has 3 aromatic rings. The molecule has 2 aromatic carbocycles. The second kappa shape index (κ2) is 12.9. The van der Waals surface area contributed by atoms with Crippen molar-refractivity contribution in [1.29, 1.82) is 0 Å². The smallest absolute Gasteiger partial charge is 0.406 e. The number of aryl methyl sites for hydroxylation is 1. The fourth-order valence-electron chi connectivity index (χ4n) is 6.41. The number of tetrazole rings is 1. The monoisotopic (exact) mass is 678 g/mol. The zero-order valence-corrected chi connectivity index (χ0v) is 25.3. The van der Waals surface area contributed by atoms with Crippen molar-refractivity contribution in [3.8, 4) is 5.75 Å². The van der Waals surface area contributed by atoms with E-state index in [2.05, 4.69) is 20.1 Å². The van der Waals surface area contributed by atoms with Gasteiger partial charge in [0.25, 0.3) is 5.95 Å². The van der Waals surface area contributed by atoms with E-state index in [1.165, 1.54) is 18.0 Å². The number of fused-ring (bicyclic) bond motifs is 1. The molecule has 0 spiro atoms. The number of hydrogen-bond donors (Lipinski definition) is 0. The topological polar surface area (TPSA) is 76.4 Å². The van der Waals surface area contributed by atoms with Crippen LogP contribution in [0, 0.1) is 5.92 Å². The predicted molar refractivity (Wildman–Crippen MR) is 150 cm³/mol. The Morgan fingerprint density at radius 1 is 0.936 bits per heavy atom. The van der Waals surface area contributed by atoms with Gasteiger partial charge in [-0.3, -0.25) is 4.79 Å². The normalized spacial score (nSPS) is 19.4. The summed E-state index contributed by atoms with van der Waals surface area (Å²) in [5.41, 5.74) is -3.08. The molecular formula is C30H31F9N6O2. The van der Waals surface area contributed by atoms with Gasteiger partial charge >= 0.3 is 18.7 Å². The average Bonchev–Trinajstić information content (AvgIpc) is 3.43. The van der Waals surface area contributed by atoms with Crippen LogP contribution >= 0.6 is 0 Å². The van der Waals surface area contributed by atoms with Gasteiger partial charge in [0.2, 0.25) is 5.91 Å². The number of amides is 1. The first-order valence-electron chi connectivity index (χ1n) is 15.0. The number of nitrogens with zero attached hydrogens (tertiary/aromatic N) is 6. The number of alkyl halides is 9. The Morgan fingerprint density at radius 3 is 2.11 bits per heavy atom. The molecule has 47 heavy (non-hydrogen) atoms. The van der Waals surface area contributed by atoms with Gasteiger partial charge in [0, 0.05) is 29.8 Å². The van der Waals surface area contributed by atoms with Crippen LogP contribution in [0.1, 0.15) is 80.2 Å². The van der Waals surface area contributed by atoms with E-state index in [0.29, 0.717) is 31.4 Å². The first-order valence-corrected chi connectivity index (χ1v) is 15.0. The minimum absolute atomic E-state index is 0.00689. The molecular weight excluding hydrogens is 647 g/mol. The highest BCUT2D eigenvalue weighted by Gasteiger charge is 2.43. The average molecular weight is 679 g/mol. The number of carbonyl (C=O) groups is 1. The Balaban J connectivity index is 1.66. The second-order valence-corrected chi connectivity index (χ2v) is 11.7. The van der Waals surface area contributed by atoms with Crippen molar-refractivity contribution in [2.24, 2.45) is 13.0 Å². The number of anilines is 2. The van der Waals surface area contributed by atoms with Crippen molar-refractivity contribution < 1.29 is 49.0 Å². The number of carbonyl (C=O) groups excluding carboxylic acids is 1. The van der Waals surface area contributed by atoms with Crippen LogP contribution in [0.5, 0.6) is 5.75 Å². The first-order chi connectivity index (χ1) is 21.9. The molecule has 0 radical (unpaired) electrons. The fraction of sp³-hybridized carbons (Fsp3) is 0.533. The predicted octanol–water partition coefficient (Wildman–Crippen LogP) is 7.99. The van der Waals surface area contributed by atoms with E-state index in [0.717, 1.165) is 36.2 Å². The van der Waals surface area contributed by atoms with Crippen LogP contribution in [0.3, 0.4) is 0 Å². The summed E-state index contributed by atoms with van der Waals surface area (Å²) in [4.78, 5) is 17.8. The quantitative estimate of drug-likeness (QED) is 0.236. The van der Waals surface area contributed by atoms with Gasteiger partial charge in [-0.2, -0.15) is 31.1 Å². The lowest BCUT2D eigenvalue weighted by molar-refractivity contribution is -0.274. The van der Waals surface area contributed by atoms with Crippen molar-refractivity contribution in [2.45, 2.75) is 89.2 Å². The van der Waals surface area contributed by atoms with E-state index in [1.807, 2.05) is 6.92 Å². The molecule has 0 unspecified atom stereocenters. The van der Waals surface area contributed by atoms with Gasteiger partial charge in [0.1, 0.15) is 5.75 Å². The molecule has 1 aliphatic carbocycles. The highest BCUT2D eigenvalue weighted by atomic mass is 19.4. The first kappa shape index (κ1) is 34.3. The summed E-state index contributed by atoms with van der Waals surface area (Å²) in [6, 6.07) is 3.07. The summed E-state index contributed by atoms with van der Waals surface area (Å²) in [6.07, 6.45) is -10.9. The molecule has 1 fully saturated rings. The molecule has 0 N–H and O–H groups in total. The van der Waals surface area contributed by atoms with Crippen LogP contribution < -0.4 is 14.5 Å². The summed E-state index contributed by atoms with van der Waals surface area (Å²) in [5.74, 6) is -1.32. The summed E-state index contributed by atoms with van der Waals surface area (Å²) in [7, 11) is 1.39. The van der Waals surface area contributed by atoms with Crippen LogP contribution in [0.25, 0.3) is 0 Å². The van der Waals surface area contributed by atoms with Crippen LogP contribution in [-0.2, 0) is 30.7 Å². The lowest BCUT2D eigenvalue weighted by Crippen LogP contribution is -2.50. The van der Waals surface area contributed by atoms with E-state index in [4.69, 9.17) is 0 Å². The van der Waals surface area contributed by atoms with Gasteiger partial charge in [0.15, 0.2) is 0 Å². The van der Waals surface area contributed by atoms with Crippen LogP contribution in [0.4, 0.5) is 51.1 Å². The van der Waals surface area contributed by atoms with Gasteiger partial charge in [0.05, 0.1) is 24.2 Å². The van der Waals surface area contributed by atoms with E-state index in [1.54, 1.807) is 4.90 Å². The molecule has 0 saturated heterocycles. The molecule has 2 heterocycles. The Kier molecular flexibility index (Phi) is 9.38. The number of aromatic nitrogens is 4. The van der Waals surface area contributed by atoms with E-state index in [9.17, 15) is 44.3 Å². The molecule has 1 saturated carbocycles. The maximum atomic E-state index is 14.0. The Labute approximate surface area is 263 Å². The molecule has 2 aliphatic rings. The van der Waals surface area contributed by atoms with E-state index < -0.39 is 59.8 Å². The number of rotatable bonds is 7. The van der Waals surface area contributed by atoms with Crippen LogP contribution in [0.15, 0.2) is 36.4 Å². The molecule has 8 nitrogen and oxygen atoms in total. The SMILES string of the molecule is CC[C@@H]1C[C@H](N(Cc2cc(C(F)(F)F)cc(C(F)(F)F)c2)c2nnn(C)n2)c2cc(OC(F)(F)F)ccc2N1C(=O)C1CCCCC1. The molecule has 1 aromatic heterocycles. The van der Waals surface area contributed by atoms with E-state index in [-0.39, 0.29) is 41.5 Å². The Bertz CT molecular complexity index is 1550. The van der Waals surface area contributed by atoms with Gasteiger partial charge in [-0.25, -0.2) is 0 Å². The zero-order valence-electron chi connectivity index (χ0n) is 25.3. The lowest BCUT2D eigenvalue weighted by Gasteiger charge is -2.45. The van der Waals surface area contributed by atoms with Crippen molar-refractivity contribution in [3.63, 3.8) is 0 Å². The summed E-state index contributed by atoms with van der Waals surface area (Å²) in [6.45, 7) is 1.20. The van der Waals surface area contributed by atoms with Crippen LogP contribution in [-0.4, -0.2) is 38.5 Å². The highest BCUT2D eigenvalue weighted by molar-refractivity contribution is 5.97. The van der Waals surface area contributed by atoms with Crippen molar-refractivity contribution in [3.05, 3.63) is 58.7 Å². The number of hydrogen-bond acceptors (Lipinski definition) is 6. The second-order valence-electron chi connectivity index (χ2n) is 11.7. The third-order valence-electron chi connectivity index (χ3n) is 8.51. The maximum absolute atomic E-state index is 14.0. The lowest BCUT2D eigenvalue weighted by atomic mass is 9.84. The Morgan fingerprint density at radius 2 is 1.57 bits per heavy atom. The molecule has 17 heteroatoms. The number of benzene rings is 2. The molecule has 2 atom stereocenters. The molecule has 1 amide bonds. The van der Waals surface area contributed by atoms with Crippen molar-refractivity contribution in [2.75, 3.05) is 9.80 Å². The van der Waals surface area contributed by atoms with Crippen molar-refractivity contribution >= 4 is 17.5 Å². The standard InChI is InChI=1S/C30H31F9N6O2/c1-3-21-14-25(23-15-22(47-30(37,38)39)9-10-24(23)45(21)26(46)18-7-5-4-6-8-18)44(27-40-42-43(2)41-27)16-17-11-19(28(31,32)33)13-20(12-17)29(34,35)36/h9-13,15,18,21,25H,3-8,14,16H2,1-2H3/t21-,25+/m1/s1. The third-order valence-corrected chi connectivity index (χ3v) is 8.51. The summed E-state index contributed by atoms with van der Waals surface area (Å²) >= 11 is 0. The largest absolute Gasteiger partial charge is 0.573 e. The number of halogens is 9. The number of ether oxygens (including phenoxy) is 1. The maximum Gasteiger partial charge on any atom is 0.573 e. The van der Waals surface area contributed by atoms with Crippen molar-refractivity contribution in [1.82, 2.24) is 20.2 Å². The minimum Gasteiger partial charge on any atom is -0.406 e. The highest BCUT2D eigenvalue weighted by Crippen LogP contribution is 2.46. The fourth-order valence-corrected chi connectivity index (χ4v) is 6.41. The van der Waals surface area contributed by atoms with Gasteiger partial charge in [-0.05, 0) is 72.9 Å². The molecule has 1 aliphatic heterocycles.